The van der Waals surface area contributed by atoms with Crippen LogP contribution in [0.2, 0.25) is 0 Å². The number of ether oxygens (including phenoxy) is 2. The number of nitro groups is 1. The highest BCUT2D eigenvalue weighted by Gasteiger charge is 2.11. The van der Waals surface area contributed by atoms with E-state index in [4.69, 9.17) is 21.7 Å². The van der Waals surface area contributed by atoms with Gasteiger partial charge in [0, 0.05) is 31.4 Å². The number of nitrogens with one attached hydrogen (secondary N) is 2. The maximum atomic E-state index is 11.7. The molecule has 0 saturated carbocycles. The molecule has 0 radical (unpaired) electrons. The lowest BCUT2D eigenvalue weighted by molar-refractivity contribution is -0.384. The zero-order valence-electron chi connectivity index (χ0n) is 12.9. The first kappa shape index (κ1) is 19.5. The summed E-state index contributed by atoms with van der Waals surface area (Å²) in [7, 11) is 1.48. The molecule has 1 aromatic rings. The van der Waals surface area contributed by atoms with Gasteiger partial charge in [0.2, 0.25) is 5.91 Å². The lowest BCUT2D eigenvalue weighted by atomic mass is 10.3. The summed E-state index contributed by atoms with van der Waals surface area (Å²) in [4.78, 5) is 33.1. The van der Waals surface area contributed by atoms with E-state index < -0.39 is 16.8 Å². The van der Waals surface area contributed by atoms with E-state index in [1.54, 1.807) is 6.07 Å². The molecule has 0 saturated heterocycles. The van der Waals surface area contributed by atoms with Gasteiger partial charge in [-0.2, -0.15) is 0 Å². The topological polar surface area (TPSA) is 120 Å². The van der Waals surface area contributed by atoms with Gasteiger partial charge in [0.25, 0.3) is 5.69 Å². The molecule has 0 aliphatic heterocycles. The molecular formula is C14H17N3O6S. The van der Waals surface area contributed by atoms with Gasteiger partial charge in [-0.25, -0.2) is 0 Å². The van der Waals surface area contributed by atoms with Crippen LogP contribution in [0.4, 0.5) is 11.4 Å². The lowest BCUT2D eigenvalue weighted by Gasteiger charge is -2.09. The van der Waals surface area contributed by atoms with Crippen molar-refractivity contribution in [2.75, 3.05) is 25.6 Å². The largest absolute Gasteiger partial charge is 0.463 e. The molecule has 10 heteroatoms. The van der Waals surface area contributed by atoms with Gasteiger partial charge >= 0.3 is 5.97 Å². The average molecular weight is 355 g/mol. The predicted molar refractivity (Wildman–Crippen MR) is 89.5 cm³/mol. The van der Waals surface area contributed by atoms with Crippen molar-refractivity contribution in [3.63, 3.8) is 0 Å². The summed E-state index contributed by atoms with van der Waals surface area (Å²) >= 11 is 4.94. The highest BCUT2D eigenvalue weighted by molar-refractivity contribution is 7.80. The number of hydrogen-bond acceptors (Lipinski definition) is 7. The first-order valence-electron chi connectivity index (χ1n) is 6.92. The van der Waals surface area contributed by atoms with Crippen LogP contribution in [0.3, 0.4) is 0 Å². The first-order valence-corrected chi connectivity index (χ1v) is 7.33. The van der Waals surface area contributed by atoms with Gasteiger partial charge in [-0.3, -0.25) is 19.7 Å². The molecule has 9 nitrogen and oxygen atoms in total. The predicted octanol–water partition coefficient (Wildman–Crippen LogP) is 1.38. The van der Waals surface area contributed by atoms with E-state index in [-0.39, 0.29) is 36.9 Å². The smallest absolute Gasteiger partial charge is 0.306 e. The average Bonchev–Trinajstić information content (AvgIpc) is 2.53. The summed E-state index contributed by atoms with van der Waals surface area (Å²) in [6.07, 6.45) is -0.183. The van der Waals surface area contributed by atoms with Crippen molar-refractivity contribution in [1.29, 1.82) is 0 Å². The standard InChI is InChI=1S/C14H17N3O6S/c1-22-7-8-23-13(19)6-5-12(18)16-14(24)15-10-3-2-4-11(9-10)17(20)21/h2-4,9H,5-8H2,1H3,(H2,15,16,18,24). The number of methoxy groups -OCH3 is 1. The molecule has 1 aromatic carbocycles. The summed E-state index contributed by atoms with van der Waals surface area (Å²) in [5.74, 6) is -0.985. The van der Waals surface area contributed by atoms with E-state index in [9.17, 15) is 19.7 Å². The third-order valence-electron chi connectivity index (χ3n) is 2.67. The molecule has 1 amide bonds. The summed E-state index contributed by atoms with van der Waals surface area (Å²) in [5.41, 5.74) is 0.265. The van der Waals surface area contributed by atoms with E-state index in [1.165, 1.54) is 25.3 Å². The van der Waals surface area contributed by atoms with Crippen molar-refractivity contribution in [2.24, 2.45) is 0 Å². The number of carbonyl (C=O) groups excluding carboxylic acids is 2. The first-order chi connectivity index (χ1) is 11.4. The molecular weight excluding hydrogens is 338 g/mol. The molecule has 0 unspecified atom stereocenters. The third-order valence-corrected chi connectivity index (χ3v) is 2.88. The Morgan fingerprint density at radius 3 is 2.71 bits per heavy atom. The van der Waals surface area contributed by atoms with Crippen LogP contribution in [-0.4, -0.2) is 42.2 Å². The second kappa shape index (κ2) is 10.2. The number of nitrogens with zero attached hydrogens (tertiary/aromatic N) is 1. The second-order valence-electron chi connectivity index (χ2n) is 4.52. The molecule has 1 rings (SSSR count). The van der Waals surface area contributed by atoms with E-state index in [0.29, 0.717) is 5.69 Å². The maximum Gasteiger partial charge on any atom is 0.306 e. The zero-order valence-corrected chi connectivity index (χ0v) is 13.8. The molecule has 0 heterocycles. The van der Waals surface area contributed by atoms with Crippen LogP contribution in [-0.2, 0) is 19.1 Å². The molecule has 0 aliphatic rings. The summed E-state index contributed by atoms with van der Waals surface area (Å²) < 4.78 is 9.54. The van der Waals surface area contributed by atoms with Crippen LogP contribution in [0, 0.1) is 10.1 Å². The van der Waals surface area contributed by atoms with Crippen molar-refractivity contribution >= 4 is 40.6 Å². The Hall–Kier alpha value is -2.59. The minimum Gasteiger partial charge on any atom is -0.463 e. The molecule has 0 spiro atoms. The van der Waals surface area contributed by atoms with Gasteiger partial charge < -0.3 is 20.1 Å². The summed E-state index contributed by atoms with van der Waals surface area (Å²) in [6.45, 7) is 0.416. The van der Waals surface area contributed by atoms with E-state index in [1.807, 2.05) is 0 Å². The number of thiocarbonyl (C=S) groups is 1. The number of non-ortho nitro benzene ring substituents is 1. The molecule has 0 aliphatic carbocycles. The Balaban J connectivity index is 2.36. The monoisotopic (exact) mass is 355 g/mol. The third kappa shape index (κ3) is 7.61. The van der Waals surface area contributed by atoms with E-state index >= 15 is 0 Å². The number of rotatable bonds is 8. The Morgan fingerprint density at radius 1 is 1.29 bits per heavy atom. The molecule has 0 aromatic heterocycles. The van der Waals surface area contributed by atoms with Crippen molar-refractivity contribution in [2.45, 2.75) is 12.8 Å². The van der Waals surface area contributed by atoms with Crippen molar-refractivity contribution < 1.29 is 24.0 Å². The minimum absolute atomic E-state index is 0.0201. The van der Waals surface area contributed by atoms with E-state index in [0.717, 1.165) is 0 Å². The number of carbonyl (C=O) groups is 2. The molecule has 0 bridgehead atoms. The molecule has 24 heavy (non-hydrogen) atoms. The van der Waals surface area contributed by atoms with E-state index in [2.05, 4.69) is 10.6 Å². The van der Waals surface area contributed by atoms with Crippen LogP contribution in [0.25, 0.3) is 0 Å². The second-order valence-corrected chi connectivity index (χ2v) is 4.93. The van der Waals surface area contributed by atoms with Gasteiger partial charge in [-0.15, -0.1) is 0 Å². The molecule has 2 N–H and O–H groups in total. The van der Waals surface area contributed by atoms with Crippen molar-refractivity contribution in [1.82, 2.24) is 5.32 Å². The fraction of sp³-hybridized carbons (Fsp3) is 0.357. The number of nitro benzene ring substituents is 1. The van der Waals surface area contributed by atoms with Crippen LogP contribution >= 0.6 is 12.2 Å². The fourth-order valence-corrected chi connectivity index (χ4v) is 1.81. The maximum absolute atomic E-state index is 11.7. The highest BCUT2D eigenvalue weighted by Crippen LogP contribution is 2.16. The number of esters is 1. The van der Waals surface area contributed by atoms with Crippen LogP contribution < -0.4 is 10.6 Å². The Bertz CT molecular complexity index is 622. The lowest BCUT2D eigenvalue weighted by Crippen LogP contribution is -2.34. The van der Waals surface area contributed by atoms with Gasteiger partial charge in [0.05, 0.1) is 18.0 Å². The number of benzene rings is 1. The fourth-order valence-electron chi connectivity index (χ4n) is 1.58. The number of amides is 1. The minimum atomic E-state index is -0.540. The summed E-state index contributed by atoms with van der Waals surface area (Å²) in [5, 5.41) is 15.7. The van der Waals surface area contributed by atoms with Crippen LogP contribution in [0.15, 0.2) is 24.3 Å². The SMILES string of the molecule is COCCOC(=O)CCC(=O)NC(=S)Nc1cccc([N+](=O)[O-])c1. The van der Waals surface area contributed by atoms with Crippen LogP contribution in [0.5, 0.6) is 0 Å². The highest BCUT2D eigenvalue weighted by atomic mass is 32.1. The van der Waals surface area contributed by atoms with Crippen LogP contribution in [0.1, 0.15) is 12.8 Å². The summed E-state index contributed by atoms with van der Waals surface area (Å²) in [6, 6.07) is 5.67. The Labute approximate surface area is 143 Å². The molecule has 0 atom stereocenters. The van der Waals surface area contributed by atoms with Crippen molar-refractivity contribution in [3.8, 4) is 0 Å². The van der Waals surface area contributed by atoms with Gasteiger partial charge in [0.15, 0.2) is 5.11 Å². The Morgan fingerprint density at radius 2 is 2.04 bits per heavy atom. The van der Waals surface area contributed by atoms with Gasteiger partial charge in [0.1, 0.15) is 6.61 Å². The quantitative estimate of drug-likeness (QED) is 0.236. The molecule has 0 fully saturated rings. The zero-order chi connectivity index (χ0) is 17.9. The Kier molecular flexibility index (Phi) is 8.30. The number of anilines is 1. The van der Waals surface area contributed by atoms with Gasteiger partial charge in [-0.05, 0) is 18.3 Å². The van der Waals surface area contributed by atoms with Gasteiger partial charge in [-0.1, -0.05) is 6.07 Å². The normalized spacial score (nSPS) is 9.88. The molecule has 130 valence electrons. The van der Waals surface area contributed by atoms with Crippen molar-refractivity contribution in [3.05, 3.63) is 34.4 Å². The number of hydrogen-bond donors (Lipinski definition) is 2.